The van der Waals surface area contributed by atoms with E-state index in [1.165, 1.54) is 19.6 Å². The molecule has 2 rings (SSSR count). The third-order valence-corrected chi connectivity index (χ3v) is 4.90. The van der Waals surface area contributed by atoms with E-state index in [4.69, 9.17) is 0 Å². The van der Waals surface area contributed by atoms with Gasteiger partial charge in [0.1, 0.15) is 0 Å². The van der Waals surface area contributed by atoms with E-state index in [2.05, 4.69) is 15.3 Å². The summed E-state index contributed by atoms with van der Waals surface area (Å²) in [5, 5.41) is 2.62. The Hall–Kier alpha value is -2.19. The number of aryl methyl sites for hydroxylation is 1. The summed E-state index contributed by atoms with van der Waals surface area (Å²) >= 11 is 0. The number of nitrogens with one attached hydrogen (secondary N) is 2. The van der Waals surface area contributed by atoms with Gasteiger partial charge >= 0.3 is 0 Å². The molecule has 2 N–H and O–H groups in total. The highest BCUT2D eigenvalue weighted by molar-refractivity contribution is 7.89. The maximum Gasteiger partial charge on any atom is 0.260 e. The Labute approximate surface area is 129 Å². The lowest BCUT2D eigenvalue weighted by atomic mass is 10.1. The van der Waals surface area contributed by atoms with Crippen LogP contribution in [0.3, 0.4) is 0 Å². The van der Waals surface area contributed by atoms with E-state index < -0.39 is 15.9 Å². The summed E-state index contributed by atoms with van der Waals surface area (Å²) in [6.45, 7) is 1.76. The number of H-pyrrole nitrogens is 1. The fourth-order valence-corrected chi connectivity index (χ4v) is 2.88. The van der Waals surface area contributed by atoms with Crippen molar-refractivity contribution < 1.29 is 13.2 Å². The standard InChI is InChI=1S/C14H18N4O3S/c1-3-11-4-6-12(7-5-11)17-13(19)9-18(2)22(20,21)14-8-15-10-16-14/h4-8,10H,3,9H2,1-2H3,(H,15,16)(H,17,19). The van der Waals surface area contributed by atoms with E-state index >= 15 is 0 Å². The van der Waals surface area contributed by atoms with Gasteiger partial charge in [-0.1, -0.05) is 19.1 Å². The highest BCUT2D eigenvalue weighted by atomic mass is 32.2. The largest absolute Gasteiger partial charge is 0.335 e. The minimum absolute atomic E-state index is 0.0462. The molecule has 22 heavy (non-hydrogen) atoms. The Kier molecular flexibility index (Phi) is 4.94. The fraction of sp³-hybridized carbons (Fsp3) is 0.286. The maximum atomic E-state index is 12.1. The van der Waals surface area contributed by atoms with E-state index in [1.54, 1.807) is 12.1 Å². The van der Waals surface area contributed by atoms with Gasteiger partial charge in [0.2, 0.25) is 5.91 Å². The van der Waals surface area contributed by atoms with Crippen molar-refractivity contribution in [3.05, 3.63) is 42.4 Å². The van der Waals surface area contributed by atoms with Gasteiger partial charge < -0.3 is 10.3 Å². The van der Waals surface area contributed by atoms with Gasteiger partial charge in [-0.15, -0.1) is 0 Å². The summed E-state index contributed by atoms with van der Waals surface area (Å²) in [7, 11) is -2.40. The Bertz CT molecular complexity index is 724. The number of anilines is 1. The summed E-state index contributed by atoms with van der Waals surface area (Å²) in [4.78, 5) is 18.1. The molecule has 0 saturated heterocycles. The summed E-state index contributed by atoms with van der Waals surface area (Å²) in [6, 6.07) is 7.42. The number of sulfonamides is 1. The first-order valence-electron chi connectivity index (χ1n) is 6.77. The van der Waals surface area contributed by atoms with E-state index in [-0.39, 0.29) is 11.6 Å². The lowest BCUT2D eigenvalue weighted by Crippen LogP contribution is -2.35. The number of carbonyl (C=O) groups is 1. The van der Waals surface area contributed by atoms with Crippen LogP contribution in [0, 0.1) is 0 Å². The normalized spacial score (nSPS) is 11.6. The monoisotopic (exact) mass is 322 g/mol. The van der Waals surface area contributed by atoms with Crippen molar-refractivity contribution >= 4 is 21.6 Å². The maximum absolute atomic E-state index is 12.1. The molecule has 0 aliphatic heterocycles. The molecule has 0 saturated carbocycles. The van der Waals surface area contributed by atoms with Gasteiger partial charge in [-0.2, -0.15) is 4.31 Å². The Morgan fingerprint density at radius 1 is 1.32 bits per heavy atom. The third-order valence-electron chi connectivity index (χ3n) is 3.17. The van der Waals surface area contributed by atoms with Crippen molar-refractivity contribution in [2.24, 2.45) is 0 Å². The minimum Gasteiger partial charge on any atom is -0.335 e. The second-order valence-corrected chi connectivity index (χ2v) is 6.79. The summed E-state index contributed by atoms with van der Waals surface area (Å²) in [5.41, 5.74) is 1.80. The second-order valence-electron chi connectivity index (χ2n) is 4.78. The molecule has 0 aliphatic rings. The van der Waals surface area contributed by atoms with Crippen LogP contribution in [-0.4, -0.2) is 42.2 Å². The zero-order chi connectivity index (χ0) is 16.2. The zero-order valence-electron chi connectivity index (χ0n) is 12.4. The number of rotatable bonds is 6. The Balaban J connectivity index is 1.99. The van der Waals surface area contributed by atoms with Crippen molar-refractivity contribution in [2.75, 3.05) is 18.9 Å². The van der Waals surface area contributed by atoms with Gasteiger partial charge in [-0.25, -0.2) is 13.4 Å². The lowest BCUT2D eigenvalue weighted by molar-refractivity contribution is -0.116. The van der Waals surface area contributed by atoms with Gasteiger partial charge in [-0.3, -0.25) is 4.79 Å². The molecule has 7 nitrogen and oxygen atoms in total. The molecule has 0 bridgehead atoms. The molecule has 118 valence electrons. The van der Waals surface area contributed by atoms with Crippen LogP contribution in [-0.2, 0) is 21.2 Å². The van der Waals surface area contributed by atoms with Crippen LogP contribution < -0.4 is 5.32 Å². The predicted molar refractivity (Wildman–Crippen MR) is 82.9 cm³/mol. The Morgan fingerprint density at radius 3 is 2.55 bits per heavy atom. The topological polar surface area (TPSA) is 95.2 Å². The number of benzene rings is 1. The first-order valence-corrected chi connectivity index (χ1v) is 8.21. The fourth-order valence-electron chi connectivity index (χ4n) is 1.86. The Morgan fingerprint density at radius 2 is 2.00 bits per heavy atom. The number of aromatic amines is 1. The van der Waals surface area contributed by atoms with E-state index in [1.807, 2.05) is 19.1 Å². The molecule has 1 aromatic carbocycles. The minimum atomic E-state index is -3.74. The smallest absolute Gasteiger partial charge is 0.260 e. The van der Waals surface area contributed by atoms with Crippen molar-refractivity contribution in [3.8, 4) is 0 Å². The predicted octanol–water partition coefficient (Wildman–Crippen LogP) is 1.23. The number of amides is 1. The molecule has 1 heterocycles. The SMILES string of the molecule is CCc1ccc(NC(=O)CN(C)S(=O)(=O)c2cnc[nH]2)cc1. The number of carbonyl (C=O) groups excluding carboxylic acids is 1. The highest BCUT2D eigenvalue weighted by Gasteiger charge is 2.24. The van der Waals surface area contributed by atoms with Gasteiger partial charge in [0.05, 0.1) is 19.1 Å². The lowest BCUT2D eigenvalue weighted by Gasteiger charge is -2.15. The molecular weight excluding hydrogens is 304 g/mol. The number of hydrogen-bond donors (Lipinski definition) is 2. The first-order chi connectivity index (χ1) is 10.4. The molecule has 1 amide bonds. The molecule has 0 fully saturated rings. The quantitative estimate of drug-likeness (QED) is 0.836. The summed E-state index contributed by atoms with van der Waals surface area (Å²) in [6.07, 6.45) is 3.39. The van der Waals surface area contributed by atoms with Crippen LogP contribution in [0.1, 0.15) is 12.5 Å². The third kappa shape index (κ3) is 3.71. The molecule has 1 aromatic heterocycles. The van der Waals surface area contributed by atoms with Crippen LogP contribution in [0.25, 0.3) is 0 Å². The first kappa shape index (κ1) is 16.2. The van der Waals surface area contributed by atoms with Crippen molar-refractivity contribution in [3.63, 3.8) is 0 Å². The average Bonchev–Trinajstić information content (AvgIpc) is 3.02. The number of nitrogens with zero attached hydrogens (tertiary/aromatic N) is 2. The van der Waals surface area contributed by atoms with Crippen LogP contribution in [0.4, 0.5) is 5.69 Å². The van der Waals surface area contributed by atoms with E-state index in [0.29, 0.717) is 5.69 Å². The second kappa shape index (κ2) is 6.71. The summed E-state index contributed by atoms with van der Waals surface area (Å²) < 4.78 is 25.2. The summed E-state index contributed by atoms with van der Waals surface area (Å²) in [5.74, 6) is -0.408. The average molecular weight is 322 g/mol. The number of imidazole rings is 1. The van der Waals surface area contributed by atoms with Gasteiger partial charge in [0.25, 0.3) is 10.0 Å². The van der Waals surface area contributed by atoms with Crippen molar-refractivity contribution in [2.45, 2.75) is 18.4 Å². The van der Waals surface area contributed by atoms with Crippen LogP contribution in [0.5, 0.6) is 0 Å². The van der Waals surface area contributed by atoms with Crippen molar-refractivity contribution in [1.29, 1.82) is 0 Å². The van der Waals surface area contributed by atoms with Gasteiger partial charge in [0.15, 0.2) is 5.03 Å². The molecule has 0 atom stereocenters. The van der Waals surface area contributed by atoms with Crippen molar-refractivity contribution in [1.82, 2.24) is 14.3 Å². The molecule has 2 aromatic rings. The molecule has 8 heteroatoms. The molecule has 0 radical (unpaired) electrons. The molecule has 0 spiro atoms. The molecule has 0 aliphatic carbocycles. The van der Waals surface area contributed by atoms with E-state index in [9.17, 15) is 13.2 Å². The van der Waals surface area contributed by atoms with Gasteiger partial charge in [0, 0.05) is 12.7 Å². The number of likely N-dealkylation sites (N-methyl/N-ethyl adjacent to an activating group) is 1. The van der Waals surface area contributed by atoms with E-state index in [0.717, 1.165) is 16.3 Å². The molecule has 0 unspecified atom stereocenters. The number of aromatic nitrogens is 2. The molecular formula is C14H18N4O3S. The van der Waals surface area contributed by atoms with Crippen LogP contribution in [0.2, 0.25) is 0 Å². The number of hydrogen-bond acceptors (Lipinski definition) is 4. The highest BCUT2D eigenvalue weighted by Crippen LogP contribution is 2.12. The van der Waals surface area contributed by atoms with Crippen LogP contribution >= 0.6 is 0 Å². The van der Waals surface area contributed by atoms with Crippen LogP contribution in [0.15, 0.2) is 41.8 Å². The zero-order valence-corrected chi connectivity index (χ0v) is 13.2. The van der Waals surface area contributed by atoms with Gasteiger partial charge in [-0.05, 0) is 24.1 Å².